The van der Waals surface area contributed by atoms with E-state index in [-0.39, 0.29) is 5.92 Å². The van der Waals surface area contributed by atoms with Crippen molar-refractivity contribution in [2.75, 3.05) is 0 Å². The van der Waals surface area contributed by atoms with Gasteiger partial charge in [-0.1, -0.05) is 74.0 Å². The standard InChI is InChI=1S/C19H24O2/c1-15(19(21)17-12-6-3-7-13-17)9-8-14-18(20)16-10-4-2-5-11-16/h2-7,10-13,15,18-21H,8-9,14H2,1H3. The van der Waals surface area contributed by atoms with E-state index in [1.807, 2.05) is 60.7 Å². The van der Waals surface area contributed by atoms with E-state index in [0.717, 1.165) is 30.4 Å². The van der Waals surface area contributed by atoms with Crippen molar-refractivity contribution < 1.29 is 10.2 Å². The molecular formula is C19H24O2. The van der Waals surface area contributed by atoms with Gasteiger partial charge in [0.2, 0.25) is 0 Å². The minimum absolute atomic E-state index is 0.190. The van der Waals surface area contributed by atoms with Gasteiger partial charge in [0.25, 0.3) is 0 Å². The summed E-state index contributed by atoms with van der Waals surface area (Å²) in [6.45, 7) is 2.06. The average molecular weight is 284 g/mol. The van der Waals surface area contributed by atoms with Gasteiger partial charge in [0, 0.05) is 0 Å². The summed E-state index contributed by atoms with van der Waals surface area (Å²) in [6.07, 6.45) is 1.70. The summed E-state index contributed by atoms with van der Waals surface area (Å²) in [7, 11) is 0. The Labute approximate surface area is 127 Å². The number of aliphatic hydroxyl groups is 2. The first-order valence-corrected chi connectivity index (χ1v) is 7.64. The zero-order valence-corrected chi connectivity index (χ0v) is 12.5. The van der Waals surface area contributed by atoms with Crippen LogP contribution in [0.4, 0.5) is 0 Å². The third kappa shape index (κ3) is 4.69. The Balaban J connectivity index is 1.78. The predicted octanol–water partition coefficient (Wildman–Crippen LogP) is 4.26. The molecule has 0 aliphatic rings. The molecule has 2 aromatic rings. The maximum atomic E-state index is 10.3. The third-order valence-electron chi connectivity index (χ3n) is 4.00. The van der Waals surface area contributed by atoms with Gasteiger partial charge >= 0.3 is 0 Å². The molecule has 0 amide bonds. The van der Waals surface area contributed by atoms with E-state index >= 15 is 0 Å². The molecular weight excluding hydrogens is 260 g/mol. The summed E-state index contributed by atoms with van der Waals surface area (Å²) < 4.78 is 0. The molecule has 0 heterocycles. The molecule has 2 heteroatoms. The molecule has 0 aliphatic heterocycles. The predicted molar refractivity (Wildman–Crippen MR) is 85.8 cm³/mol. The van der Waals surface area contributed by atoms with Gasteiger partial charge < -0.3 is 10.2 Å². The molecule has 3 unspecified atom stereocenters. The lowest BCUT2D eigenvalue weighted by Crippen LogP contribution is -2.09. The molecule has 2 rings (SSSR count). The van der Waals surface area contributed by atoms with Crippen molar-refractivity contribution >= 4 is 0 Å². The largest absolute Gasteiger partial charge is 0.388 e. The minimum atomic E-state index is -0.430. The first kappa shape index (κ1) is 15.7. The van der Waals surface area contributed by atoms with Crippen molar-refractivity contribution in [2.24, 2.45) is 5.92 Å². The van der Waals surface area contributed by atoms with Gasteiger partial charge in [-0.15, -0.1) is 0 Å². The Morgan fingerprint density at radius 1 is 0.762 bits per heavy atom. The quantitative estimate of drug-likeness (QED) is 0.797. The Morgan fingerprint density at radius 3 is 1.86 bits per heavy atom. The molecule has 0 fully saturated rings. The summed E-state index contributed by atoms with van der Waals surface area (Å²) in [5.41, 5.74) is 1.93. The van der Waals surface area contributed by atoms with E-state index < -0.39 is 12.2 Å². The minimum Gasteiger partial charge on any atom is -0.388 e. The molecule has 0 saturated heterocycles. The van der Waals surface area contributed by atoms with Crippen molar-refractivity contribution in [1.29, 1.82) is 0 Å². The van der Waals surface area contributed by atoms with Gasteiger partial charge in [-0.2, -0.15) is 0 Å². The average Bonchev–Trinajstić information content (AvgIpc) is 2.55. The van der Waals surface area contributed by atoms with Crippen LogP contribution >= 0.6 is 0 Å². The Hall–Kier alpha value is -1.64. The van der Waals surface area contributed by atoms with Crippen molar-refractivity contribution in [2.45, 2.75) is 38.4 Å². The van der Waals surface area contributed by atoms with E-state index in [2.05, 4.69) is 6.92 Å². The van der Waals surface area contributed by atoms with Crippen molar-refractivity contribution in [1.82, 2.24) is 0 Å². The Morgan fingerprint density at radius 2 is 1.29 bits per heavy atom. The second-order valence-electron chi connectivity index (χ2n) is 5.69. The summed E-state index contributed by atoms with van der Waals surface area (Å²) in [5.74, 6) is 0.190. The van der Waals surface area contributed by atoms with Crippen LogP contribution in [0.1, 0.15) is 49.5 Å². The van der Waals surface area contributed by atoms with Crippen molar-refractivity contribution in [3.63, 3.8) is 0 Å². The number of aliphatic hydroxyl groups excluding tert-OH is 2. The van der Waals surface area contributed by atoms with E-state index in [9.17, 15) is 10.2 Å². The highest BCUT2D eigenvalue weighted by molar-refractivity contribution is 5.18. The lowest BCUT2D eigenvalue weighted by Gasteiger charge is -2.20. The smallest absolute Gasteiger partial charge is 0.0815 e. The fourth-order valence-electron chi connectivity index (χ4n) is 2.61. The molecule has 0 aliphatic carbocycles. The molecule has 2 N–H and O–H groups in total. The van der Waals surface area contributed by atoms with E-state index in [0.29, 0.717) is 0 Å². The van der Waals surface area contributed by atoms with E-state index in [4.69, 9.17) is 0 Å². The van der Waals surface area contributed by atoms with E-state index in [1.165, 1.54) is 0 Å². The fourth-order valence-corrected chi connectivity index (χ4v) is 2.61. The second kappa shape index (κ2) is 7.96. The molecule has 0 aromatic heterocycles. The summed E-state index contributed by atoms with van der Waals surface area (Å²) in [6, 6.07) is 19.5. The molecule has 21 heavy (non-hydrogen) atoms. The highest BCUT2D eigenvalue weighted by atomic mass is 16.3. The molecule has 0 saturated carbocycles. The van der Waals surface area contributed by atoms with Crippen LogP contribution in [-0.4, -0.2) is 10.2 Å². The maximum absolute atomic E-state index is 10.3. The Bertz CT molecular complexity index is 510. The van der Waals surface area contributed by atoms with Crippen molar-refractivity contribution in [3.05, 3.63) is 71.8 Å². The van der Waals surface area contributed by atoms with Gasteiger partial charge in [0.05, 0.1) is 12.2 Å². The molecule has 2 nitrogen and oxygen atoms in total. The first-order valence-electron chi connectivity index (χ1n) is 7.64. The maximum Gasteiger partial charge on any atom is 0.0815 e. The summed E-state index contributed by atoms with van der Waals surface area (Å²) in [4.78, 5) is 0. The molecule has 0 radical (unpaired) electrons. The van der Waals surface area contributed by atoms with Crippen molar-refractivity contribution in [3.8, 4) is 0 Å². The van der Waals surface area contributed by atoms with Crippen LogP contribution < -0.4 is 0 Å². The molecule has 3 atom stereocenters. The third-order valence-corrected chi connectivity index (χ3v) is 4.00. The highest BCUT2D eigenvalue weighted by Gasteiger charge is 2.16. The second-order valence-corrected chi connectivity index (χ2v) is 5.69. The van der Waals surface area contributed by atoms with Gasteiger partial charge in [-0.25, -0.2) is 0 Å². The van der Waals surface area contributed by atoms with Crippen LogP contribution in [0.5, 0.6) is 0 Å². The topological polar surface area (TPSA) is 40.5 Å². The molecule has 0 bridgehead atoms. The van der Waals surface area contributed by atoms with Crippen LogP contribution in [0.15, 0.2) is 60.7 Å². The lowest BCUT2D eigenvalue weighted by atomic mass is 9.91. The van der Waals surface area contributed by atoms with Gasteiger partial charge in [-0.3, -0.25) is 0 Å². The number of rotatable bonds is 7. The van der Waals surface area contributed by atoms with Gasteiger partial charge in [0.1, 0.15) is 0 Å². The van der Waals surface area contributed by atoms with Crippen LogP contribution in [0.2, 0.25) is 0 Å². The van der Waals surface area contributed by atoms with Crippen LogP contribution in [-0.2, 0) is 0 Å². The monoisotopic (exact) mass is 284 g/mol. The van der Waals surface area contributed by atoms with Gasteiger partial charge in [0.15, 0.2) is 0 Å². The first-order chi connectivity index (χ1) is 10.2. The van der Waals surface area contributed by atoms with Crippen LogP contribution in [0.3, 0.4) is 0 Å². The zero-order valence-electron chi connectivity index (χ0n) is 12.5. The van der Waals surface area contributed by atoms with Crippen LogP contribution in [0.25, 0.3) is 0 Å². The normalized spacial score (nSPS) is 15.4. The number of hydrogen-bond donors (Lipinski definition) is 2. The number of benzene rings is 2. The molecule has 0 spiro atoms. The fraction of sp³-hybridized carbons (Fsp3) is 0.368. The Kier molecular flexibility index (Phi) is 5.97. The zero-order chi connectivity index (χ0) is 15.1. The van der Waals surface area contributed by atoms with Gasteiger partial charge in [-0.05, 0) is 29.9 Å². The highest BCUT2D eigenvalue weighted by Crippen LogP contribution is 2.27. The molecule has 112 valence electrons. The van der Waals surface area contributed by atoms with E-state index in [1.54, 1.807) is 0 Å². The summed E-state index contributed by atoms with van der Waals surface area (Å²) >= 11 is 0. The SMILES string of the molecule is CC(CCCC(O)c1ccccc1)C(O)c1ccccc1. The lowest BCUT2D eigenvalue weighted by molar-refractivity contribution is 0.104. The van der Waals surface area contributed by atoms with Crippen LogP contribution in [0, 0.1) is 5.92 Å². The number of hydrogen-bond acceptors (Lipinski definition) is 2. The summed E-state index contributed by atoms with van der Waals surface area (Å²) in [5, 5.41) is 20.4. The molecule has 2 aromatic carbocycles.